The number of aryl methyl sites for hydroxylation is 1. The lowest BCUT2D eigenvalue weighted by molar-refractivity contribution is -0.119. The number of carbonyl (C=O) groups excluding carboxylic acids is 3. The fourth-order valence-electron chi connectivity index (χ4n) is 3.43. The molecule has 0 aliphatic carbocycles. The van der Waals surface area contributed by atoms with Gasteiger partial charge in [-0.05, 0) is 50.1 Å². The largest absolute Gasteiger partial charge is 0.451 e. The molecule has 0 bridgehead atoms. The second-order valence-corrected chi connectivity index (χ2v) is 7.66. The van der Waals surface area contributed by atoms with Crippen LogP contribution in [0.15, 0.2) is 36.5 Å². The Kier molecular flexibility index (Phi) is 6.78. The third kappa shape index (κ3) is 5.01. The molecular weight excluding hydrogens is 427 g/mol. The van der Waals surface area contributed by atoms with Gasteiger partial charge in [-0.3, -0.25) is 9.59 Å². The summed E-state index contributed by atoms with van der Waals surface area (Å²) < 4.78 is 21.5. The molecule has 1 amide bonds. The number of amides is 1. The molecule has 0 radical (unpaired) electrons. The van der Waals surface area contributed by atoms with Crippen molar-refractivity contribution in [2.45, 2.75) is 27.3 Å². The first kappa shape index (κ1) is 23.5. The summed E-state index contributed by atoms with van der Waals surface area (Å²) in [5, 5.41) is 12.3. The Hall–Kier alpha value is -4.19. The second-order valence-electron chi connectivity index (χ2n) is 7.66. The number of rotatable bonds is 7. The number of nitrogens with zero attached hydrogens (tertiary/aromatic N) is 3. The SMILES string of the molecule is CC(=O)c1cc(C(=O)OCC(=O)Nc2c(C#N)c(C)c(C)n2Cc2ccc(F)cc2)n(C)c1. The van der Waals surface area contributed by atoms with E-state index in [2.05, 4.69) is 11.4 Å². The van der Waals surface area contributed by atoms with Crippen LogP contribution in [0.25, 0.3) is 0 Å². The van der Waals surface area contributed by atoms with E-state index in [1.54, 1.807) is 30.7 Å². The standard InChI is InChI=1S/C24H23FN4O4/c1-14-15(2)29(11-17-5-7-19(25)8-6-17)23(20(14)10-26)27-22(31)13-33-24(32)21-9-18(16(3)30)12-28(21)4/h5-9,12H,11,13H2,1-4H3,(H,27,31). The zero-order chi connectivity index (χ0) is 24.3. The van der Waals surface area contributed by atoms with Crippen molar-refractivity contribution in [1.29, 1.82) is 5.26 Å². The minimum Gasteiger partial charge on any atom is -0.451 e. The van der Waals surface area contributed by atoms with Gasteiger partial charge in [0.1, 0.15) is 23.4 Å². The maximum absolute atomic E-state index is 13.3. The van der Waals surface area contributed by atoms with Crippen LogP contribution in [-0.4, -0.2) is 33.4 Å². The van der Waals surface area contributed by atoms with Crippen LogP contribution in [0.3, 0.4) is 0 Å². The minimum atomic E-state index is -0.755. The number of carbonyl (C=O) groups is 3. The average Bonchev–Trinajstić information content (AvgIpc) is 3.27. The van der Waals surface area contributed by atoms with Crippen LogP contribution in [0, 0.1) is 31.0 Å². The van der Waals surface area contributed by atoms with Crippen LogP contribution < -0.4 is 5.32 Å². The van der Waals surface area contributed by atoms with Crippen molar-refractivity contribution in [3.05, 3.63) is 76.0 Å². The summed E-state index contributed by atoms with van der Waals surface area (Å²) in [5.74, 6) is -1.66. The Morgan fingerprint density at radius 3 is 2.42 bits per heavy atom. The number of hydrogen-bond donors (Lipinski definition) is 1. The van der Waals surface area contributed by atoms with Gasteiger partial charge in [0.2, 0.25) is 0 Å². The Balaban J connectivity index is 1.77. The van der Waals surface area contributed by atoms with E-state index in [1.807, 2.05) is 6.92 Å². The molecule has 2 heterocycles. The number of hydrogen-bond acceptors (Lipinski definition) is 5. The van der Waals surface area contributed by atoms with Crippen molar-refractivity contribution in [2.75, 3.05) is 11.9 Å². The van der Waals surface area contributed by atoms with Gasteiger partial charge in [0.05, 0.1) is 5.56 Å². The van der Waals surface area contributed by atoms with Gasteiger partial charge < -0.3 is 19.2 Å². The van der Waals surface area contributed by atoms with Crippen molar-refractivity contribution in [3.63, 3.8) is 0 Å². The summed E-state index contributed by atoms with van der Waals surface area (Å²) in [6, 6.07) is 9.42. The number of nitriles is 1. The number of anilines is 1. The molecule has 9 heteroatoms. The van der Waals surface area contributed by atoms with Gasteiger partial charge in [-0.1, -0.05) is 12.1 Å². The molecule has 0 atom stereocenters. The maximum atomic E-state index is 13.3. The molecule has 8 nitrogen and oxygen atoms in total. The number of halogens is 1. The summed E-state index contributed by atoms with van der Waals surface area (Å²) in [5.41, 5.74) is 3.04. The molecule has 0 aliphatic heterocycles. The van der Waals surface area contributed by atoms with Crippen molar-refractivity contribution >= 4 is 23.5 Å². The molecule has 3 aromatic rings. The zero-order valence-electron chi connectivity index (χ0n) is 18.7. The first-order valence-corrected chi connectivity index (χ1v) is 10.1. The van der Waals surface area contributed by atoms with Crippen molar-refractivity contribution in [3.8, 4) is 6.07 Å². The lowest BCUT2D eigenvalue weighted by Gasteiger charge is -2.13. The highest BCUT2D eigenvalue weighted by Crippen LogP contribution is 2.27. The predicted octanol–water partition coefficient (Wildman–Crippen LogP) is 3.50. The smallest absolute Gasteiger partial charge is 0.355 e. The minimum absolute atomic E-state index is 0.136. The van der Waals surface area contributed by atoms with Crippen LogP contribution in [0.4, 0.5) is 10.2 Å². The molecule has 0 spiro atoms. The number of nitrogens with one attached hydrogen (secondary N) is 1. The van der Waals surface area contributed by atoms with Gasteiger partial charge in [-0.25, -0.2) is 9.18 Å². The van der Waals surface area contributed by atoms with E-state index < -0.39 is 18.5 Å². The number of ketones is 1. The van der Waals surface area contributed by atoms with Crippen LogP contribution in [0.5, 0.6) is 0 Å². The summed E-state index contributed by atoms with van der Waals surface area (Å²) in [4.78, 5) is 36.4. The van der Waals surface area contributed by atoms with E-state index in [1.165, 1.54) is 35.9 Å². The predicted molar refractivity (Wildman–Crippen MR) is 118 cm³/mol. The Bertz CT molecular complexity index is 1280. The van der Waals surface area contributed by atoms with Crippen LogP contribution in [-0.2, 0) is 23.1 Å². The van der Waals surface area contributed by atoms with Crippen molar-refractivity contribution in [1.82, 2.24) is 9.13 Å². The summed E-state index contributed by atoms with van der Waals surface area (Å²) in [6.07, 6.45) is 1.51. The Morgan fingerprint density at radius 1 is 1.18 bits per heavy atom. The summed E-state index contributed by atoms with van der Waals surface area (Å²) in [6.45, 7) is 4.70. The van der Waals surface area contributed by atoms with Crippen LogP contribution in [0.1, 0.15) is 50.2 Å². The topological polar surface area (TPSA) is 106 Å². The van der Waals surface area contributed by atoms with Crippen LogP contribution in [0.2, 0.25) is 0 Å². The van der Waals surface area contributed by atoms with Gasteiger partial charge >= 0.3 is 5.97 Å². The molecule has 1 N–H and O–H groups in total. The lowest BCUT2D eigenvalue weighted by Crippen LogP contribution is -2.23. The van der Waals surface area contributed by atoms with E-state index >= 15 is 0 Å². The molecule has 2 aromatic heterocycles. The Morgan fingerprint density at radius 2 is 1.85 bits per heavy atom. The number of benzene rings is 1. The highest BCUT2D eigenvalue weighted by Gasteiger charge is 2.21. The highest BCUT2D eigenvalue weighted by molar-refractivity contribution is 5.99. The van der Waals surface area contributed by atoms with Gasteiger partial charge in [0, 0.05) is 31.0 Å². The molecule has 1 aromatic carbocycles. The van der Waals surface area contributed by atoms with Gasteiger partial charge in [0.25, 0.3) is 5.91 Å². The number of aromatic nitrogens is 2. The average molecular weight is 450 g/mol. The first-order valence-electron chi connectivity index (χ1n) is 10.1. The highest BCUT2D eigenvalue weighted by atomic mass is 19.1. The van der Waals surface area contributed by atoms with Gasteiger partial charge in [-0.2, -0.15) is 5.26 Å². The van der Waals surface area contributed by atoms with Gasteiger partial charge in [-0.15, -0.1) is 0 Å². The van der Waals surface area contributed by atoms with E-state index in [0.717, 1.165) is 11.3 Å². The van der Waals surface area contributed by atoms with E-state index in [9.17, 15) is 24.0 Å². The monoisotopic (exact) mass is 450 g/mol. The van der Waals surface area contributed by atoms with Crippen molar-refractivity contribution < 1.29 is 23.5 Å². The molecule has 3 rings (SSSR count). The molecule has 170 valence electrons. The quantitative estimate of drug-likeness (QED) is 0.438. The number of esters is 1. The fourth-order valence-corrected chi connectivity index (χ4v) is 3.43. The third-order valence-electron chi connectivity index (χ3n) is 5.41. The first-order chi connectivity index (χ1) is 15.6. The van der Waals surface area contributed by atoms with Crippen LogP contribution >= 0.6 is 0 Å². The molecule has 33 heavy (non-hydrogen) atoms. The number of ether oxygens (including phenoxy) is 1. The number of Topliss-reactive ketones (excluding diaryl/α,β-unsaturated/α-hetero) is 1. The Labute approximate surface area is 190 Å². The zero-order valence-corrected chi connectivity index (χ0v) is 18.7. The molecular formula is C24H23FN4O4. The lowest BCUT2D eigenvalue weighted by atomic mass is 10.2. The molecule has 0 saturated heterocycles. The van der Waals surface area contributed by atoms with E-state index in [0.29, 0.717) is 23.2 Å². The molecule has 0 unspecified atom stereocenters. The normalized spacial score (nSPS) is 10.5. The third-order valence-corrected chi connectivity index (χ3v) is 5.41. The summed E-state index contributed by atoms with van der Waals surface area (Å²) in [7, 11) is 1.59. The molecule has 0 saturated carbocycles. The molecule has 0 fully saturated rings. The maximum Gasteiger partial charge on any atom is 0.355 e. The van der Waals surface area contributed by atoms with Crippen molar-refractivity contribution in [2.24, 2.45) is 7.05 Å². The van der Waals surface area contributed by atoms with E-state index in [-0.39, 0.29) is 23.1 Å². The fraction of sp³-hybridized carbons (Fsp3) is 0.250. The second kappa shape index (κ2) is 9.53. The summed E-state index contributed by atoms with van der Waals surface area (Å²) >= 11 is 0. The van der Waals surface area contributed by atoms with E-state index in [4.69, 9.17) is 4.74 Å². The van der Waals surface area contributed by atoms with Gasteiger partial charge in [0.15, 0.2) is 12.4 Å². The molecule has 0 aliphatic rings.